The van der Waals surface area contributed by atoms with Crippen molar-refractivity contribution in [1.82, 2.24) is 15.2 Å². The van der Waals surface area contributed by atoms with Gasteiger partial charge in [0.2, 0.25) is 0 Å². The molecule has 1 aromatic carbocycles. The molecular weight excluding hydrogens is 298 g/mol. The summed E-state index contributed by atoms with van der Waals surface area (Å²) in [5, 5.41) is 7.32. The van der Waals surface area contributed by atoms with Crippen LogP contribution in [0.4, 0.5) is 4.79 Å². The van der Waals surface area contributed by atoms with Gasteiger partial charge in [-0.2, -0.15) is 0 Å². The SMILES string of the molecule is O=C(NC1CC2CNC1C2)n1ccc(-c2ccc(Cl)cc2)c1. The van der Waals surface area contributed by atoms with Crippen LogP contribution >= 0.6 is 11.6 Å². The van der Waals surface area contributed by atoms with Gasteiger partial charge in [0.1, 0.15) is 0 Å². The van der Waals surface area contributed by atoms with Gasteiger partial charge >= 0.3 is 6.03 Å². The molecule has 1 amide bonds. The van der Waals surface area contributed by atoms with Gasteiger partial charge in [-0.15, -0.1) is 0 Å². The topological polar surface area (TPSA) is 46.1 Å². The first kappa shape index (κ1) is 13.9. The van der Waals surface area contributed by atoms with Crippen molar-refractivity contribution in [2.75, 3.05) is 6.54 Å². The molecule has 3 unspecified atom stereocenters. The maximum absolute atomic E-state index is 12.4. The third-order valence-electron chi connectivity index (χ3n) is 4.74. The molecule has 0 radical (unpaired) electrons. The second-order valence-corrected chi connectivity index (χ2v) is 6.66. The van der Waals surface area contributed by atoms with Crippen molar-refractivity contribution in [2.24, 2.45) is 5.92 Å². The number of hydrogen-bond donors (Lipinski definition) is 2. The molecule has 1 saturated heterocycles. The molecular formula is C17H18ClN3O. The molecule has 1 saturated carbocycles. The number of nitrogens with one attached hydrogen (secondary N) is 2. The second kappa shape index (κ2) is 5.45. The number of carbonyl (C=O) groups excluding carboxylic acids is 1. The minimum absolute atomic E-state index is 0.0560. The molecule has 114 valence electrons. The zero-order chi connectivity index (χ0) is 15.1. The van der Waals surface area contributed by atoms with Crippen molar-refractivity contribution < 1.29 is 4.79 Å². The van der Waals surface area contributed by atoms with Crippen LogP contribution in [0.3, 0.4) is 0 Å². The maximum Gasteiger partial charge on any atom is 0.325 e. The predicted octanol–water partition coefficient (Wildman–Crippen LogP) is 3.12. The fourth-order valence-corrected chi connectivity index (χ4v) is 3.71. The number of rotatable bonds is 2. The van der Waals surface area contributed by atoms with Gasteiger partial charge in [-0.3, -0.25) is 4.57 Å². The first-order valence-corrected chi connectivity index (χ1v) is 8.05. The van der Waals surface area contributed by atoms with E-state index in [1.165, 1.54) is 6.42 Å². The van der Waals surface area contributed by atoms with E-state index >= 15 is 0 Å². The Labute approximate surface area is 134 Å². The average Bonchev–Trinajstić information content (AvgIpc) is 3.24. The van der Waals surface area contributed by atoms with Crippen LogP contribution in [-0.4, -0.2) is 29.2 Å². The fraction of sp³-hybridized carbons (Fsp3) is 0.353. The highest BCUT2D eigenvalue weighted by molar-refractivity contribution is 6.30. The van der Waals surface area contributed by atoms with Crippen molar-refractivity contribution in [1.29, 1.82) is 0 Å². The third kappa shape index (κ3) is 2.53. The van der Waals surface area contributed by atoms with Gasteiger partial charge in [-0.05, 0) is 54.6 Å². The van der Waals surface area contributed by atoms with Gasteiger partial charge in [0.25, 0.3) is 0 Å². The number of fused-ring (bicyclic) bond motifs is 2. The quantitative estimate of drug-likeness (QED) is 0.894. The first-order chi connectivity index (χ1) is 10.7. The van der Waals surface area contributed by atoms with E-state index in [2.05, 4.69) is 10.6 Å². The molecule has 2 aromatic rings. The Kier molecular flexibility index (Phi) is 3.43. The second-order valence-electron chi connectivity index (χ2n) is 6.22. The monoisotopic (exact) mass is 315 g/mol. The number of halogens is 1. The Morgan fingerprint density at radius 2 is 2.00 bits per heavy atom. The summed E-state index contributed by atoms with van der Waals surface area (Å²) in [5.41, 5.74) is 2.07. The van der Waals surface area contributed by atoms with E-state index in [-0.39, 0.29) is 12.1 Å². The van der Waals surface area contributed by atoms with Crippen LogP contribution in [0.1, 0.15) is 12.8 Å². The standard InChI is InChI=1S/C17H18ClN3O/c18-14-3-1-12(2-4-14)13-5-6-21(10-13)17(22)20-16-8-11-7-15(16)19-9-11/h1-6,10-11,15-16,19H,7-9H2,(H,20,22). The Bertz CT molecular complexity index is 694. The molecule has 4 nitrogen and oxygen atoms in total. The summed E-state index contributed by atoms with van der Waals surface area (Å²) < 4.78 is 1.62. The maximum atomic E-state index is 12.4. The van der Waals surface area contributed by atoms with Crippen LogP contribution in [0.15, 0.2) is 42.7 Å². The van der Waals surface area contributed by atoms with Crippen molar-refractivity contribution >= 4 is 17.6 Å². The number of benzene rings is 1. The van der Waals surface area contributed by atoms with E-state index in [0.29, 0.717) is 11.1 Å². The molecule has 3 atom stereocenters. The van der Waals surface area contributed by atoms with Gasteiger partial charge in [-0.1, -0.05) is 23.7 Å². The molecule has 22 heavy (non-hydrogen) atoms. The summed E-state index contributed by atoms with van der Waals surface area (Å²) in [4.78, 5) is 12.4. The van der Waals surface area contributed by atoms with Crippen molar-refractivity contribution in [3.63, 3.8) is 0 Å². The number of hydrogen-bond acceptors (Lipinski definition) is 2. The molecule has 1 aliphatic carbocycles. The Balaban J connectivity index is 1.46. The molecule has 4 rings (SSSR count). The number of nitrogens with zero attached hydrogens (tertiary/aromatic N) is 1. The van der Waals surface area contributed by atoms with Gasteiger partial charge in [0.15, 0.2) is 0 Å². The minimum Gasteiger partial charge on any atom is -0.333 e. The van der Waals surface area contributed by atoms with Gasteiger partial charge in [0.05, 0.1) is 0 Å². The molecule has 2 heterocycles. The molecule has 2 aliphatic rings. The van der Waals surface area contributed by atoms with E-state index in [1.807, 2.05) is 36.5 Å². The summed E-state index contributed by atoms with van der Waals surface area (Å²) in [6.07, 6.45) is 5.94. The Morgan fingerprint density at radius 3 is 2.68 bits per heavy atom. The fourth-order valence-electron chi connectivity index (χ4n) is 3.58. The van der Waals surface area contributed by atoms with Crippen LogP contribution in [0.5, 0.6) is 0 Å². The lowest BCUT2D eigenvalue weighted by Gasteiger charge is -2.23. The smallest absolute Gasteiger partial charge is 0.325 e. The van der Waals surface area contributed by atoms with Crippen LogP contribution < -0.4 is 10.6 Å². The normalized spacial score (nSPS) is 26.3. The summed E-state index contributed by atoms with van der Waals surface area (Å²) >= 11 is 5.91. The van der Waals surface area contributed by atoms with Crippen molar-refractivity contribution in [2.45, 2.75) is 24.9 Å². The average molecular weight is 316 g/mol. The van der Waals surface area contributed by atoms with E-state index in [4.69, 9.17) is 11.6 Å². The Morgan fingerprint density at radius 1 is 1.18 bits per heavy atom. The lowest BCUT2D eigenvalue weighted by Crippen LogP contribution is -2.48. The molecule has 0 spiro atoms. The zero-order valence-electron chi connectivity index (χ0n) is 12.1. The number of amides is 1. The van der Waals surface area contributed by atoms with Gasteiger partial charge < -0.3 is 10.6 Å². The lowest BCUT2D eigenvalue weighted by molar-refractivity contribution is 0.234. The third-order valence-corrected chi connectivity index (χ3v) is 4.99. The van der Waals surface area contributed by atoms with Crippen LogP contribution in [0.25, 0.3) is 11.1 Å². The highest BCUT2D eigenvalue weighted by Crippen LogP contribution is 2.31. The highest BCUT2D eigenvalue weighted by atomic mass is 35.5. The first-order valence-electron chi connectivity index (χ1n) is 7.67. The number of piperidine rings is 1. The van der Waals surface area contributed by atoms with E-state index in [0.717, 1.165) is 30.0 Å². The molecule has 2 bridgehead atoms. The van der Waals surface area contributed by atoms with E-state index in [9.17, 15) is 4.79 Å². The largest absolute Gasteiger partial charge is 0.333 e. The molecule has 5 heteroatoms. The van der Waals surface area contributed by atoms with Crippen molar-refractivity contribution in [3.8, 4) is 11.1 Å². The van der Waals surface area contributed by atoms with Crippen LogP contribution in [0, 0.1) is 5.92 Å². The zero-order valence-corrected chi connectivity index (χ0v) is 12.9. The summed E-state index contributed by atoms with van der Waals surface area (Å²) in [6, 6.07) is 10.2. The Hall–Kier alpha value is -1.78. The summed E-state index contributed by atoms with van der Waals surface area (Å²) in [5.74, 6) is 0.726. The van der Waals surface area contributed by atoms with E-state index in [1.54, 1.807) is 10.8 Å². The van der Waals surface area contributed by atoms with Crippen molar-refractivity contribution in [3.05, 3.63) is 47.7 Å². The highest BCUT2D eigenvalue weighted by Gasteiger charge is 2.40. The predicted molar refractivity (Wildman–Crippen MR) is 87.1 cm³/mol. The lowest BCUT2D eigenvalue weighted by atomic mass is 10.1. The minimum atomic E-state index is -0.0560. The van der Waals surface area contributed by atoms with E-state index < -0.39 is 0 Å². The summed E-state index contributed by atoms with van der Waals surface area (Å²) in [7, 11) is 0. The molecule has 2 N–H and O–H groups in total. The summed E-state index contributed by atoms with van der Waals surface area (Å²) in [6.45, 7) is 1.10. The molecule has 1 aliphatic heterocycles. The molecule has 2 fully saturated rings. The number of carbonyl (C=O) groups is 1. The van der Waals surface area contributed by atoms with Gasteiger partial charge in [-0.25, -0.2) is 4.79 Å². The van der Waals surface area contributed by atoms with Crippen LogP contribution in [0.2, 0.25) is 5.02 Å². The van der Waals surface area contributed by atoms with Gasteiger partial charge in [0, 0.05) is 29.5 Å². The van der Waals surface area contributed by atoms with Crippen LogP contribution in [-0.2, 0) is 0 Å². The number of aromatic nitrogens is 1. The molecule has 1 aromatic heterocycles.